The van der Waals surface area contributed by atoms with Crippen LogP contribution < -0.4 is 10.2 Å². The van der Waals surface area contributed by atoms with Crippen LogP contribution in [-0.4, -0.2) is 26.3 Å². The molecule has 2 rings (SSSR count). The molecule has 0 aliphatic heterocycles. The highest BCUT2D eigenvalue weighted by molar-refractivity contribution is 6.73. The van der Waals surface area contributed by atoms with Crippen LogP contribution >= 0.6 is 0 Å². The lowest BCUT2D eigenvalue weighted by Crippen LogP contribution is -2.34. The zero-order valence-electron chi connectivity index (χ0n) is 11.7. The molecule has 1 fully saturated rings. The van der Waals surface area contributed by atoms with E-state index < -0.39 is 12.4 Å². The second kappa shape index (κ2) is 6.08. The average molecular weight is 287 g/mol. The third-order valence-corrected chi connectivity index (χ3v) is 3.78. The highest BCUT2D eigenvalue weighted by Gasteiger charge is 2.27. The molecule has 1 aromatic carbocycles. The van der Waals surface area contributed by atoms with Crippen molar-refractivity contribution in [2.24, 2.45) is 0 Å². The first-order chi connectivity index (χ1) is 9.40. The molecule has 0 saturated heterocycles. The molecule has 1 saturated carbocycles. The lowest BCUT2D eigenvalue weighted by molar-refractivity contribution is 0.0207. The third kappa shape index (κ3) is 3.69. The van der Waals surface area contributed by atoms with Crippen molar-refractivity contribution < 1.29 is 22.4 Å². The van der Waals surface area contributed by atoms with Crippen molar-refractivity contribution in [3.05, 3.63) is 23.8 Å². The molecule has 0 N–H and O–H groups in total. The SMILES string of the molecule is COC1CCCC(Oc2ccc([B-](F)(F)F)cc2C)C1. The topological polar surface area (TPSA) is 18.5 Å². The molecule has 0 aromatic heterocycles. The minimum Gasteiger partial charge on any atom is -0.490 e. The molecule has 0 amide bonds. The van der Waals surface area contributed by atoms with E-state index in [0.717, 1.165) is 37.8 Å². The Labute approximate surface area is 117 Å². The Morgan fingerprint density at radius 1 is 1.15 bits per heavy atom. The number of halogens is 3. The van der Waals surface area contributed by atoms with Crippen LogP contribution in [0.5, 0.6) is 5.75 Å². The molecule has 2 unspecified atom stereocenters. The van der Waals surface area contributed by atoms with Crippen molar-refractivity contribution in [1.82, 2.24) is 0 Å². The van der Waals surface area contributed by atoms with Crippen LogP contribution in [0, 0.1) is 6.92 Å². The first-order valence-electron chi connectivity index (χ1n) is 6.90. The fraction of sp³-hybridized carbons (Fsp3) is 0.571. The molecule has 0 spiro atoms. The largest absolute Gasteiger partial charge is 0.509 e. The van der Waals surface area contributed by atoms with Crippen LogP contribution in [-0.2, 0) is 4.74 Å². The number of hydrogen-bond acceptors (Lipinski definition) is 2. The minimum atomic E-state index is -4.95. The van der Waals surface area contributed by atoms with Crippen LogP contribution in [0.2, 0.25) is 0 Å². The van der Waals surface area contributed by atoms with E-state index in [2.05, 4.69) is 0 Å². The maximum absolute atomic E-state index is 12.7. The van der Waals surface area contributed by atoms with Crippen LogP contribution in [0.15, 0.2) is 18.2 Å². The van der Waals surface area contributed by atoms with Gasteiger partial charge in [0, 0.05) is 13.5 Å². The van der Waals surface area contributed by atoms with Crippen LogP contribution in [0.1, 0.15) is 31.2 Å². The van der Waals surface area contributed by atoms with E-state index in [9.17, 15) is 12.9 Å². The Morgan fingerprint density at radius 3 is 2.45 bits per heavy atom. The number of rotatable bonds is 4. The first-order valence-corrected chi connectivity index (χ1v) is 6.90. The fourth-order valence-electron chi connectivity index (χ4n) is 2.61. The van der Waals surface area contributed by atoms with Gasteiger partial charge in [-0.05, 0) is 37.8 Å². The van der Waals surface area contributed by atoms with Crippen LogP contribution in [0.4, 0.5) is 12.9 Å². The van der Waals surface area contributed by atoms with E-state index in [1.807, 2.05) is 0 Å². The summed E-state index contributed by atoms with van der Waals surface area (Å²) in [7, 11) is 1.68. The Hall–Kier alpha value is -1.17. The minimum absolute atomic E-state index is 0.0228. The normalized spacial score (nSPS) is 23.6. The maximum Gasteiger partial charge on any atom is 0.509 e. The molecule has 6 heteroatoms. The summed E-state index contributed by atoms with van der Waals surface area (Å²) in [4.78, 5) is 0. The van der Waals surface area contributed by atoms with Gasteiger partial charge in [0.25, 0.3) is 0 Å². The summed E-state index contributed by atoms with van der Waals surface area (Å²) in [6.07, 6.45) is 3.96. The summed E-state index contributed by atoms with van der Waals surface area (Å²) in [5.41, 5.74) is -0.0468. The molecule has 20 heavy (non-hydrogen) atoms. The van der Waals surface area contributed by atoms with Crippen LogP contribution in [0.25, 0.3) is 0 Å². The molecule has 1 aliphatic rings. The van der Waals surface area contributed by atoms with Gasteiger partial charge in [-0.1, -0.05) is 12.1 Å². The van der Waals surface area contributed by atoms with Crippen molar-refractivity contribution in [1.29, 1.82) is 0 Å². The molecule has 2 nitrogen and oxygen atoms in total. The van der Waals surface area contributed by atoms with Gasteiger partial charge >= 0.3 is 6.98 Å². The van der Waals surface area contributed by atoms with E-state index in [1.54, 1.807) is 14.0 Å². The van der Waals surface area contributed by atoms with Crippen molar-refractivity contribution in [3.63, 3.8) is 0 Å². The monoisotopic (exact) mass is 287 g/mol. The zero-order valence-corrected chi connectivity index (χ0v) is 11.7. The Balaban J connectivity index is 2.06. The number of methoxy groups -OCH3 is 1. The molecule has 0 radical (unpaired) electrons. The molecule has 112 valence electrons. The molecular formula is C14H19BF3O2-. The average Bonchev–Trinajstić information content (AvgIpc) is 2.40. The Bertz CT molecular complexity index is 462. The number of hydrogen-bond donors (Lipinski definition) is 0. The van der Waals surface area contributed by atoms with Gasteiger partial charge < -0.3 is 22.4 Å². The fourth-order valence-corrected chi connectivity index (χ4v) is 2.61. The van der Waals surface area contributed by atoms with Gasteiger partial charge in [-0.3, -0.25) is 0 Å². The quantitative estimate of drug-likeness (QED) is 0.790. The summed E-state index contributed by atoms with van der Waals surface area (Å²) < 4.78 is 49.2. The lowest BCUT2D eigenvalue weighted by atomic mass is 9.79. The standard InChI is InChI=1S/C14H19BF3O2/c1-10-8-11(15(16,17)18)6-7-14(10)20-13-5-3-4-12(9-13)19-2/h6-8,12-13H,3-5,9H2,1-2H3/q-1. The highest BCUT2D eigenvalue weighted by Crippen LogP contribution is 2.27. The maximum atomic E-state index is 12.7. The summed E-state index contributed by atoms with van der Waals surface area (Å²) in [6, 6.07) is 3.68. The van der Waals surface area contributed by atoms with E-state index in [0.29, 0.717) is 11.3 Å². The molecule has 0 heterocycles. The summed E-state index contributed by atoms with van der Waals surface area (Å²) in [5.74, 6) is 0.538. The second-order valence-corrected chi connectivity index (χ2v) is 5.36. The second-order valence-electron chi connectivity index (χ2n) is 5.36. The van der Waals surface area contributed by atoms with Crippen molar-refractivity contribution >= 4 is 12.4 Å². The molecule has 1 aliphatic carbocycles. The van der Waals surface area contributed by atoms with E-state index >= 15 is 0 Å². The lowest BCUT2D eigenvalue weighted by Gasteiger charge is -2.29. The summed E-state index contributed by atoms with van der Waals surface area (Å²) >= 11 is 0. The molecule has 1 aromatic rings. The van der Waals surface area contributed by atoms with Gasteiger partial charge in [0.2, 0.25) is 0 Å². The summed E-state index contributed by atoms with van der Waals surface area (Å²) in [6.45, 7) is -3.30. The van der Waals surface area contributed by atoms with Crippen molar-refractivity contribution in [2.45, 2.75) is 44.8 Å². The van der Waals surface area contributed by atoms with Crippen molar-refractivity contribution in [2.75, 3.05) is 7.11 Å². The highest BCUT2D eigenvalue weighted by atomic mass is 19.4. The number of benzene rings is 1. The van der Waals surface area contributed by atoms with Gasteiger partial charge in [-0.2, -0.15) is 0 Å². The van der Waals surface area contributed by atoms with Gasteiger partial charge in [0.15, 0.2) is 0 Å². The van der Waals surface area contributed by atoms with Crippen LogP contribution in [0.3, 0.4) is 0 Å². The molecule has 2 atom stereocenters. The predicted molar refractivity (Wildman–Crippen MR) is 73.6 cm³/mol. The van der Waals surface area contributed by atoms with E-state index in [1.165, 1.54) is 6.07 Å². The predicted octanol–water partition coefficient (Wildman–Crippen LogP) is 3.39. The third-order valence-electron chi connectivity index (χ3n) is 3.78. The number of aryl methyl sites for hydroxylation is 1. The number of ether oxygens (including phenoxy) is 2. The van der Waals surface area contributed by atoms with E-state index in [-0.39, 0.29) is 12.2 Å². The van der Waals surface area contributed by atoms with Crippen molar-refractivity contribution in [3.8, 4) is 5.75 Å². The molecular weight excluding hydrogens is 268 g/mol. The Morgan fingerprint density at radius 2 is 1.85 bits per heavy atom. The zero-order chi connectivity index (χ0) is 14.8. The smallest absolute Gasteiger partial charge is 0.490 e. The summed E-state index contributed by atoms with van der Waals surface area (Å²) in [5, 5.41) is 0. The van der Waals surface area contributed by atoms with Gasteiger partial charge in [-0.15, -0.1) is 5.46 Å². The van der Waals surface area contributed by atoms with Gasteiger partial charge in [0.05, 0.1) is 6.10 Å². The molecule has 0 bridgehead atoms. The van der Waals surface area contributed by atoms with E-state index in [4.69, 9.17) is 9.47 Å². The van der Waals surface area contributed by atoms with Gasteiger partial charge in [0.1, 0.15) is 11.9 Å². The van der Waals surface area contributed by atoms with Gasteiger partial charge in [-0.25, -0.2) is 0 Å². The Kier molecular flexibility index (Phi) is 4.63. The first kappa shape index (κ1) is 15.2.